The lowest BCUT2D eigenvalue weighted by Gasteiger charge is -2.06. The van der Waals surface area contributed by atoms with Crippen molar-refractivity contribution in [2.45, 2.75) is 0 Å². The maximum absolute atomic E-state index is 13.5. The molecule has 0 heterocycles. The first kappa shape index (κ1) is 17.6. The number of nitro groups is 1. The summed E-state index contributed by atoms with van der Waals surface area (Å²) < 4.78 is 26.3. The van der Waals surface area contributed by atoms with E-state index in [1.165, 1.54) is 24.3 Å². The summed E-state index contributed by atoms with van der Waals surface area (Å²) in [6.45, 7) is 0. The van der Waals surface area contributed by atoms with Crippen molar-refractivity contribution in [2.75, 3.05) is 10.6 Å². The fourth-order valence-corrected chi connectivity index (χ4v) is 1.83. The number of halogens is 2. The summed E-state index contributed by atoms with van der Waals surface area (Å²) >= 11 is 0. The summed E-state index contributed by atoms with van der Waals surface area (Å²) in [6.07, 6.45) is 0.917. The zero-order chi connectivity index (χ0) is 18.4. The van der Waals surface area contributed by atoms with Crippen molar-refractivity contribution in [3.63, 3.8) is 0 Å². The highest BCUT2D eigenvalue weighted by molar-refractivity contribution is 6.07. The van der Waals surface area contributed by atoms with Crippen LogP contribution in [0.1, 0.15) is 0 Å². The molecule has 0 saturated heterocycles. The van der Waals surface area contributed by atoms with Crippen molar-refractivity contribution >= 4 is 23.0 Å². The van der Waals surface area contributed by atoms with Gasteiger partial charge in [0.05, 0.1) is 10.6 Å². The van der Waals surface area contributed by atoms with Gasteiger partial charge in [-0.3, -0.25) is 14.9 Å². The number of nitriles is 1. The molecule has 9 heteroatoms. The van der Waals surface area contributed by atoms with Gasteiger partial charge < -0.3 is 10.6 Å². The number of carbonyl (C=O) groups excluding carboxylic acids is 1. The highest BCUT2D eigenvalue weighted by atomic mass is 19.1. The number of amides is 1. The molecule has 0 aliphatic carbocycles. The maximum Gasteiger partial charge on any atom is 0.292 e. The minimum atomic E-state index is -0.924. The van der Waals surface area contributed by atoms with Gasteiger partial charge in [0.15, 0.2) is 0 Å². The zero-order valence-corrected chi connectivity index (χ0v) is 12.5. The largest absolute Gasteiger partial charge is 0.358 e. The molecule has 0 aliphatic rings. The van der Waals surface area contributed by atoms with E-state index in [4.69, 9.17) is 5.26 Å². The van der Waals surface area contributed by atoms with E-state index in [1.54, 1.807) is 6.07 Å². The number of anilines is 2. The van der Waals surface area contributed by atoms with Crippen molar-refractivity contribution in [2.24, 2.45) is 0 Å². The van der Waals surface area contributed by atoms with Crippen molar-refractivity contribution in [3.05, 3.63) is 76.0 Å². The third-order valence-corrected chi connectivity index (χ3v) is 3.02. The molecular formula is C16H10F2N4O3. The van der Waals surface area contributed by atoms with Crippen LogP contribution in [0.25, 0.3) is 0 Å². The van der Waals surface area contributed by atoms with Gasteiger partial charge in [-0.25, -0.2) is 8.78 Å². The highest BCUT2D eigenvalue weighted by Crippen LogP contribution is 2.23. The Labute approximate surface area is 140 Å². The van der Waals surface area contributed by atoms with E-state index in [0.717, 1.165) is 18.3 Å². The van der Waals surface area contributed by atoms with Crippen LogP contribution in [0, 0.1) is 33.1 Å². The molecule has 0 bridgehead atoms. The van der Waals surface area contributed by atoms with Crippen LogP contribution in [-0.4, -0.2) is 10.8 Å². The Kier molecular flexibility index (Phi) is 5.37. The average Bonchev–Trinajstić information content (AvgIpc) is 2.57. The van der Waals surface area contributed by atoms with Crippen LogP contribution in [0.5, 0.6) is 0 Å². The molecule has 2 N–H and O–H groups in total. The first-order valence-electron chi connectivity index (χ1n) is 6.79. The summed E-state index contributed by atoms with van der Waals surface area (Å²) in [5.74, 6) is -2.61. The van der Waals surface area contributed by atoms with E-state index < -0.39 is 28.0 Å². The van der Waals surface area contributed by atoms with Gasteiger partial charge in [0.25, 0.3) is 11.6 Å². The average molecular weight is 344 g/mol. The third kappa shape index (κ3) is 4.35. The van der Waals surface area contributed by atoms with Crippen LogP contribution in [0.15, 0.2) is 54.2 Å². The lowest BCUT2D eigenvalue weighted by molar-refractivity contribution is -0.383. The van der Waals surface area contributed by atoms with E-state index in [0.29, 0.717) is 6.07 Å². The summed E-state index contributed by atoms with van der Waals surface area (Å²) in [4.78, 5) is 22.3. The summed E-state index contributed by atoms with van der Waals surface area (Å²) in [7, 11) is 0. The molecule has 1 amide bonds. The molecule has 0 aliphatic heterocycles. The highest BCUT2D eigenvalue weighted by Gasteiger charge is 2.17. The number of carbonyl (C=O) groups is 1. The Hall–Kier alpha value is -3.80. The molecule has 126 valence electrons. The zero-order valence-electron chi connectivity index (χ0n) is 12.5. The molecule has 0 unspecified atom stereocenters. The molecule has 0 atom stereocenters. The minimum Gasteiger partial charge on any atom is -0.358 e. The lowest BCUT2D eigenvalue weighted by Crippen LogP contribution is -2.15. The fraction of sp³-hybridized carbons (Fsp3) is 0. The number of nitrogens with one attached hydrogen (secondary N) is 2. The second kappa shape index (κ2) is 7.65. The van der Waals surface area contributed by atoms with E-state index in [1.807, 2.05) is 0 Å². The minimum absolute atomic E-state index is 0.0911. The van der Waals surface area contributed by atoms with Gasteiger partial charge in [-0.1, -0.05) is 12.1 Å². The Morgan fingerprint density at radius 2 is 1.92 bits per heavy atom. The quantitative estimate of drug-likeness (QED) is 0.374. The first-order chi connectivity index (χ1) is 11.9. The molecule has 7 nitrogen and oxygen atoms in total. The summed E-state index contributed by atoms with van der Waals surface area (Å²) in [5, 5.41) is 24.6. The number of nitrogens with zero attached hydrogens (tertiary/aromatic N) is 2. The molecular weight excluding hydrogens is 334 g/mol. The van der Waals surface area contributed by atoms with Gasteiger partial charge in [-0.05, 0) is 18.2 Å². The Morgan fingerprint density at radius 3 is 2.56 bits per heavy atom. The Bertz CT molecular complexity index is 906. The summed E-state index contributed by atoms with van der Waals surface area (Å²) in [6, 6.07) is 9.72. The van der Waals surface area contributed by atoms with Crippen molar-refractivity contribution < 1.29 is 18.5 Å². The molecule has 0 radical (unpaired) electrons. The molecule has 0 fully saturated rings. The van der Waals surface area contributed by atoms with Crippen LogP contribution in [0.4, 0.5) is 25.8 Å². The predicted molar refractivity (Wildman–Crippen MR) is 85.4 cm³/mol. The van der Waals surface area contributed by atoms with E-state index in [-0.39, 0.29) is 17.1 Å². The molecule has 2 aromatic rings. The van der Waals surface area contributed by atoms with Gasteiger partial charge in [0, 0.05) is 18.3 Å². The van der Waals surface area contributed by atoms with Crippen LogP contribution >= 0.6 is 0 Å². The van der Waals surface area contributed by atoms with Crippen molar-refractivity contribution in [3.8, 4) is 6.07 Å². The smallest absolute Gasteiger partial charge is 0.292 e. The fourth-order valence-electron chi connectivity index (χ4n) is 1.83. The second-order valence-corrected chi connectivity index (χ2v) is 4.67. The summed E-state index contributed by atoms with van der Waals surface area (Å²) in [5.41, 5.74) is -1.04. The number of para-hydroxylation sites is 2. The number of hydrogen-bond donors (Lipinski definition) is 2. The van der Waals surface area contributed by atoms with Gasteiger partial charge in [-0.2, -0.15) is 5.26 Å². The molecule has 2 rings (SSSR count). The van der Waals surface area contributed by atoms with Crippen LogP contribution in [0.2, 0.25) is 0 Å². The topological polar surface area (TPSA) is 108 Å². The van der Waals surface area contributed by atoms with Crippen molar-refractivity contribution in [1.29, 1.82) is 5.26 Å². The second-order valence-electron chi connectivity index (χ2n) is 4.67. The van der Waals surface area contributed by atoms with E-state index >= 15 is 0 Å². The van der Waals surface area contributed by atoms with Crippen LogP contribution < -0.4 is 10.6 Å². The number of nitro benzene ring substituents is 1. The molecule has 0 aromatic heterocycles. The van der Waals surface area contributed by atoms with Crippen molar-refractivity contribution in [1.82, 2.24) is 0 Å². The standard InChI is InChI=1S/C16H10F2N4O3/c17-11-5-6-13(12(18)7-11)20-9-10(8-19)16(23)21-14-3-1-2-4-15(14)22(24)25/h1-7,9,20H,(H,21,23)/b10-9-. The van der Waals surface area contributed by atoms with Gasteiger partial charge >= 0.3 is 0 Å². The molecule has 2 aromatic carbocycles. The Balaban J connectivity index is 2.19. The van der Waals surface area contributed by atoms with Crippen LogP contribution in [0.3, 0.4) is 0 Å². The SMILES string of the molecule is N#C/C(=C/Nc1ccc(F)cc1F)C(=O)Nc1ccccc1[N+](=O)[O-]. The predicted octanol–water partition coefficient (Wildman–Crippen LogP) is 3.33. The van der Waals surface area contributed by atoms with Crippen LogP contribution in [-0.2, 0) is 4.79 Å². The maximum atomic E-state index is 13.5. The van der Waals surface area contributed by atoms with E-state index in [9.17, 15) is 23.7 Å². The van der Waals surface area contributed by atoms with Gasteiger partial charge in [0.2, 0.25) is 0 Å². The molecule has 0 spiro atoms. The number of rotatable bonds is 5. The lowest BCUT2D eigenvalue weighted by atomic mass is 10.2. The normalized spacial score (nSPS) is 10.7. The molecule has 0 saturated carbocycles. The molecule has 25 heavy (non-hydrogen) atoms. The monoisotopic (exact) mass is 344 g/mol. The first-order valence-corrected chi connectivity index (χ1v) is 6.79. The number of benzene rings is 2. The van der Waals surface area contributed by atoms with Gasteiger partial charge in [0.1, 0.15) is 29.0 Å². The van der Waals surface area contributed by atoms with Gasteiger partial charge in [-0.15, -0.1) is 0 Å². The van der Waals surface area contributed by atoms with E-state index in [2.05, 4.69) is 10.6 Å². The number of hydrogen-bond acceptors (Lipinski definition) is 5. The third-order valence-electron chi connectivity index (χ3n) is 3.02. The Morgan fingerprint density at radius 1 is 1.20 bits per heavy atom.